The molecule has 0 saturated heterocycles. The minimum Gasteiger partial charge on any atom is -0.497 e. The van der Waals surface area contributed by atoms with Gasteiger partial charge in [0, 0.05) is 22.0 Å². The van der Waals surface area contributed by atoms with E-state index in [-0.39, 0.29) is 5.56 Å². The first-order valence-electron chi connectivity index (χ1n) is 9.20. The number of nitrogens with zero attached hydrogens (tertiary/aromatic N) is 2. The molecule has 4 rings (SSSR count). The molecule has 0 saturated carbocycles. The van der Waals surface area contributed by atoms with Gasteiger partial charge in [0.1, 0.15) is 5.75 Å². The number of aromatic nitrogens is 2. The Hall–Kier alpha value is -3.31. The van der Waals surface area contributed by atoms with E-state index in [4.69, 9.17) is 21.1 Å². The summed E-state index contributed by atoms with van der Waals surface area (Å²) in [5.41, 5.74) is 2.41. The van der Waals surface area contributed by atoms with Gasteiger partial charge in [0.25, 0.3) is 5.56 Å². The van der Waals surface area contributed by atoms with E-state index >= 15 is 0 Å². The molecule has 2 aromatic heterocycles. The summed E-state index contributed by atoms with van der Waals surface area (Å²) < 4.78 is 12.4. The highest BCUT2D eigenvalue weighted by Gasteiger charge is 2.15. The fraction of sp³-hybridized carbons (Fsp3) is 0.130. The number of pyridine rings is 2. The normalized spacial score (nSPS) is 10.9. The Morgan fingerprint density at radius 2 is 1.72 bits per heavy atom. The Morgan fingerprint density at radius 1 is 1.00 bits per heavy atom. The van der Waals surface area contributed by atoms with E-state index in [9.17, 15) is 4.79 Å². The van der Waals surface area contributed by atoms with Crippen molar-refractivity contribution in [3.05, 3.63) is 82.1 Å². The second kappa shape index (κ2) is 7.97. The highest BCUT2D eigenvalue weighted by atomic mass is 35.5. The first kappa shape index (κ1) is 19.0. The molecule has 0 aliphatic rings. The SMILES string of the molecule is CCOc1ccc2cc(-c3ccc(OC)cc3)c(=O)n(-c3ccc(Cl)cc3)c2n1. The molecular weight excluding hydrogens is 388 g/mol. The van der Waals surface area contributed by atoms with Crippen molar-refractivity contribution in [2.75, 3.05) is 13.7 Å². The topological polar surface area (TPSA) is 53.4 Å². The quantitative estimate of drug-likeness (QED) is 0.462. The molecule has 146 valence electrons. The summed E-state index contributed by atoms with van der Waals surface area (Å²) in [4.78, 5) is 18.1. The molecule has 0 spiro atoms. The number of methoxy groups -OCH3 is 1. The van der Waals surface area contributed by atoms with Crippen LogP contribution in [0.5, 0.6) is 11.6 Å². The number of hydrogen-bond acceptors (Lipinski definition) is 4. The Bertz CT molecular complexity index is 1220. The lowest BCUT2D eigenvalue weighted by atomic mass is 10.1. The molecule has 5 nitrogen and oxygen atoms in total. The maximum Gasteiger partial charge on any atom is 0.264 e. The number of rotatable bonds is 5. The van der Waals surface area contributed by atoms with E-state index in [1.165, 1.54) is 0 Å². The lowest BCUT2D eigenvalue weighted by Crippen LogP contribution is -2.21. The van der Waals surface area contributed by atoms with Crippen molar-refractivity contribution >= 4 is 22.6 Å². The third kappa shape index (κ3) is 3.69. The predicted molar refractivity (Wildman–Crippen MR) is 116 cm³/mol. The van der Waals surface area contributed by atoms with Gasteiger partial charge in [-0.15, -0.1) is 0 Å². The number of benzene rings is 2. The molecule has 2 aromatic carbocycles. The Morgan fingerprint density at radius 3 is 2.38 bits per heavy atom. The zero-order chi connectivity index (χ0) is 20.4. The summed E-state index contributed by atoms with van der Waals surface area (Å²) >= 11 is 6.04. The van der Waals surface area contributed by atoms with E-state index < -0.39 is 0 Å². The summed E-state index contributed by atoms with van der Waals surface area (Å²) in [7, 11) is 1.61. The second-order valence-electron chi connectivity index (χ2n) is 6.40. The third-order valence-electron chi connectivity index (χ3n) is 4.60. The monoisotopic (exact) mass is 406 g/mol. The molecule has 0 atom stereocenters. The van der Waals surface area contributed by atoms with Gasteiger partial charge in [-0.2, -0.15) is 4.98 Å². The zero-order valence-electron chi connectivity index (χ0n) is 16.1. The molecule has 0 aliphatic heterocycles. The van der Waals surface area contributed by atoms with Gasteiger partial charge < -0.3 is 9.47 Å². The second-order valence-corrected chi connectivity index (χ2v) is 6.84. The van der Waals surface area contributed by atoms with E-state index in [0.717, 1.165) is 16.7 Å². The number of fused-ring (bicyclic) bond motifs is 1. The van der Waals surface area contributed by atoms with Crippen molar-refractivity contribution < 1.29 is 9.47 Å². The van der Waals surface area contributed by atoms with Gasteiger partial charge in [-0.3, -0.25) is 9.36 Å². The Balaban J connectivity index is 2.01. The molecule has 0 fully saturated rings. The fourth-order valence-electron chi connectivity index (χ4n) is 3.20. The maximum absolute atomic E-state index is 13.5. The van der Waals surface area contributed by atoms with Crippen LogP contribution in [0.15, 0.2) is 71.5 Å². The summed E-state index contributed by atoms with van der Waals surface area (Å²) in [6.45, 7) is 2.39. The van der Waals surface area contributed by atoms with Crippen LogP contribution in [0.3, 0.4) is 0 Å². The summed E-state index contributed by atoms with van der Waals surface area (Å²) in [5.74, 6) is 1.20. The first-order valence-corrected chi connectivity index (χ1v) is 9.58. The Kier molecular flexibility index (Phi) is 5.23. The van der Waals surface area contributed by atoms with Crippen LogP contribution in [-0.4, -0.2) is 23.3 Å². The van der Waals surface area contributed by atoms with Crippen molar-refractivity contribution in [2.45, 2.75) is 6.92 Å². The van der Waals surface area contributed by atoms with Gasteiger partial charge >= 0.3 is 0 Å². The van der Waals surface area contributed by atoms with E-state index in [1.807, 2.05) is 43.3 Å². The van der Waals surface area contributed by atoms with Gasteiger partial charge in [0.15, 0.2) is 5.65 Å². The lowest BCUT2D eigenvalue weighted by molar-refractivity contribution is 0.328. The van der Waals surface area contributed by atoms with Gasteiger partial charge in [-0.1, -0.05) is 23.7 Å². The van der Waals surface area contributed by atoms with Crippen molar-refractivity contribution in [2.24, 2.45) is 0 Å². The molecule has 4 aromatic rings. The molecule has 2 heterocycles. The average Bonchev–Trinajstić information content (AvgIpc) is 2.75. The molecule has 0 unspecified atom stereocenters. The maximum atomic E-state index is 13.5. The average molecular weight is 407 g/mol. The van der Waals surface area contributed by atoms with Gasteiger partial charge in [-0.25, -0.2) is 0 Å². The molecule has 6 heteroatoms. The molecule has 0 amide bonds. The molecule has 0 radical (unpaired) electrons. The molecule has 0 bridgehead atoms. The standard InChI is InChI=1S/C23H19ClN2O3/c1-3-29-21-13-6-16-14-20(15-4-11-19(28-2)12-5-15)23(27)26(22(16)25-21)18-9-7-17(24)8-10-18/h4-14H,3H2,1-2H3. The van der Waals surface area contributed by atoms with E-state index in [0.29, 0.717) is 34.4 Å². The van der Waals surface area contributed by atoms with E-state index in [2.05, 4.69) is 4.98 Å². The highest BCUT2D eigenvalue weighted by Crippen LogP contribution is 2.26. The van der Waals surface area contributed by atoms with Crippen LogP contribution in [-0.2, 0) is 0 Å². The lowest BCUT2D eigenvalue weighted by Gasteiger charge is -2.14. The smallest absolute Gasteiger partial charge is 0.264 e. The highest BCUT2D eigenvalue weighted by molar-refractivity contribution is 6.30. The summed E-state index contributed by atoms with van der Waals surface area (Å²) in [6.07, 6.45) is 0. The predicted octanol–water partition coefficient (Wildman–Crippen LogP) is 5.11. The fourth-order valence-corrected chi connectivity index (χ4v) is 3.33. The van der Waals surface area contributed by atoms with Crippen LogP contribution in [0.4, 0.5) is 0 Å². The van der Waals surface area contributed by atoms with Crippen LogP contribution in [0.2, 0.25) is 5.02 Å². The summed E-state index contributed by atoms with van der Waals surface area (Å²) in [6, 6.07) is 20.1. The first-order chi connectivity index (χ1) is 14.1. The molecule has 0 N–H and O–H groups in total. The van der Waals surface area contributed by atoms with Crippen LogP contribution in [0.1, 0.15) is 6.92 Å². The minimum atomic E-state index is -0.175. The van der Waals surface area contributed by atoms with Gasteiger partial charge in [0.2, 0.25) is 5.88 Å². The van der Waals surface area contributed by atoms with Crippen LogP contribution < -0.4 is 15.0 Å². The third-order valence-corrected chi connectivity index (χ3v) is 4.85. The zero-order valence-corrected chi connectivity index (χ0v) is 16.8. The Labute approximate surface area is 173 Å². The number of ether oxygens (including phenoxy) is 2. The van der Waals surface area contributed by atoms with Gasteiger partial charge in [0.05, 0.1) is 19.4 Å². The van der Waals surface area contributed by atoms with E-state index in [1.54, 1.807) is 42.0 Å². The van der Waals surface area contributed by atoms with Crippen molar-refractivity contribution in [3.8, 4) is 28.4 Å². The minimum absolute atomic E-state index is 0.175. The summed E-state index contributed by atoms with van der Waals surface area (Å²) in [5, 5.41) is 1.43. The molecular formula is C23H19ClN2O3. The van der Waals surface area contributed by atoms with Crippen LogP contribution in [0, 0.1) is 0 Å². The van der Waals surface area contributed by atoms with Crippen LogP contribution in [0.25, 0.3) is 27.8 Å². The van der Waals surface area contributed by atoms with Crippen molar-refractivity contribution in [3.63, 3.8) is 0 Å². The van der Waals surface area contributed by atoms with Crippen molar-refractivity contribution in [1.82, 2.24) is 9.55 Å². The van der Waals surface area contributed by atoms with Crippen molar-refractivity contribution in [1.29, 1.82) is 0 Å². The number of hydrogen-bond donors (Lipinski definition) is 0. The van der Waals surface area contributed by atoms with Gasteiger partial charge in [-0.05, 0) is 61.0 Å². The largest absolute Gasteiger partial charge is 0.497 e. The molecule has 0 aliphatic carbocycles. The van der Waals surface area contributed by atoms with Crippen LogP contribution >= 0.6 is 11.6 Å². The molecule has 29 heavy (non-hydrogen) atoms. The number of halogens is 1.